The predicted molar refractivity (Wildman–Crippen MR) is 53.9 cm³/mol. The van der Waals surface area contributed by atoms with Crippen LogP contribution >= 0.6 is 0 Å². The van der Waals surface area contributed by atoms with Gasteiger partial charge in [-0.25, -0.2) is 0 Å². The summed E-state index contributed by atoms with van der Waals surface area (Å²) >= 11 is 0. The van der Waals surface area contributed by atoms with Crippen LogP contribution in [0.4, 0.5) is 0 Å². The van der Waals surface area contributed by atoms with Crippen molar-refractivity contribution in [2.24, 2.45) is 0 Å². The summed E-state index contributed by atoms with van der Waals surface area (Å²) in [5, 5.41) is 0. The largest absolute Gasteiger partial charge is 0.501 e. The molecule has 0 N–H and O–H groups in total. The van der Waals surface area contributed by atoms with E-state index in [1.807, 2.05) is 30.3 Å². The van der Waals surface area contributed by atoms with Crippen LogP contribution in [0.3, 0.4) is 0 Å². The molecule has 0 aromatic heterocycles. The van der Waals surface area contributed by atoms with Crippen LogP contribution in [0, 0.1) is 0 Å². The normalized spacial score (nSPS) is 20.8. The second-order valence-electron chi connectivity index (χ2n) is 3.38. The summed E-state index contributed by atoms with van der Waals surface area (Å²) in [5.41, 5.74) is 1.07. The fourth-order valence-corrected chi connectivity index (χ4v) is 1.73. The van der Waals surface area contributed by atoms with Gasteiger partial charge in [-0.3, -0.25) is 4.79 Å². The third kappa shape index (κ3) is 1.55. The van der Waals surface area contributed by atoms with Crippen molar-refractivity contribution in [3.05, 3.63) is 47.7 Å². The van der Waals surface area contributed by atoms with E-state index in [4.69, 9.17) is 4.74 Å². The molecule has 1 aromatic carbocycles. The number of methoxy groups -OCH3 is 1. The second-order valence-corrected chi connectivity index (χ2v) is 3.38. The van der Waals surface area contributed by atoms with Gasteiger partial charge < -0.3 is 4.74 Å². The molecule has 0 amide bonds. The second kappa shape index (κ2) is 3.66. The maximum Gasteiger partial charge on any atom is 0.166 e. The summed E-state index contributed by atoms with van der Waals surface area (Å²) in [6.07, 6.45) is 2.29. The summed E-state index contributed by atoms with van der Waals surface area (Å²) in [5.74, 6) is 0.892. The van der Waals surface area contributed by atoms with E-state index in [1.165, 1.54) is 0 Å². The Hall–Kier alpha value is -1.57. The average molecular weight is 188 g/mol. The number of allylic oxidation sites excluding steroid dienone is 2. The Bertz CT molecular complexity index is 365. The van der Waals surface area contributed by atoms with Crippen molar-refractivity contribution in [1.82, 2.24) is 0 Å². The Morgan fingerprint density at radius 1 is 1.29 bits per heavy atom. The first-order valence-electron chi connectivity index (χ1n) is 4.64. The quantitative estimate of drug-likeness (QED) is 0.711. The molecular weight excluding hydrogens is 176 g/mol. The Morgan fingerprint density at radius 3 is 2.57 bits per heavy atom. The number of ketones is 1. The van der Waals surface area contributed by atoms with E-state index in [2.05, 4.69) is 0 Å². The van der Waals surface area contributed by atoms with Crippen molar-refractivity contribution >= 4 is 5.78 Å². The lowest BCUT2D eigenvalue weighted by Gasteiger charge is -2.08. The van der Waals surface area contributed by atoms with Crippen LogP contribution in [-0.4, -0.2) is 12.9 Å². The minimum absolute atomic E-state index is 0.0360. The predicted octanol–water partition coefficient (Wildman–Crippen LogP) is 2.27. The molecule has 0 aliphatic heterocycles. The highest BCUT2D eigenvalue weighted by Gasteiger charge is 2.27. The van der Waals surface area contributed by atoms with Crippen LogP contribution in [0.15, 0.2) is 42.2 Å². The highest BCUT2D eigenvalue weighted by atomic mass is 16.5. The molecule has 2 heteroatoms. The molecule has 0 fully saturated rings. The Morgan fingerprint density at radius 2 is 2.00 bits per heavy atom. The van der Waals surface area contributed by atoms with Crippen LogP contribution in [-0.2, 0) is 9.53 Å². The first kappa shape index (κ1) is 9.00. The molecule has 0 radical (unpaired) electrons. The summed E-state index contributed by atoms with van der Waals surface area (Å²) in [6, 6.07) is 9.82. The van der Waals surface area contributed by atoms with Gasteiger partial charge in [0.25, 0.3) is 0 Å². The fraction of sp³-hybridized carbons (Fsp3) is 0.250. The molecule has 2 nitrogen and oxygen atoms in total. The number of carbonyl (C=O) groups is 1. The van der Waals surface area contributed by atoms with E-state index >= 15 is 0 Å². The SMILES string of the molecule is COC1=CC(=O)[C@H](c2ccccc2)C1. The van der Waals surface area contributed by atoms with Crippen molar-refractivity contribution < 1.29 is 9.53 Å². The summed E-state index contributed by atoms with van der Waals surface area (Å²) < 4.78 is 5.07. The van der Waals surface area contributed by atoms with Crippen LogP contribution in [0.25, 0.3) is 0 Å². The molecule has 1 aromatic rings. The highest BCUT2D eigenvalue weighted by molar-refractivity contribution is 5.98. The van der Waals surface area contributed by atoms with E-state index in [0.29, 0.717) is 6.42 Å². The molecular formula is C12H12O2. The fourth-order valence-electron chi connectivity index (χ4n) is 1.73. The minimum Gasteiger partial charge on any atom is -0.501 e. The molecule has 0 unspecified atom stereocenters. The average Bonchev–Trinajstić information content (AvgIpc) is 2.61. The van der Waals surface area contributed by atoms with Crippen molar-refractivity contribution in [2.75, 3.05) is 7.11 Å². The van der Waals surface area contributed by atoms with Crippen LogP contribution < -0.4 is 0 Å². The van der Waals surface area contributed by atoms with Gasteiger partial charge in [0.15, 0.2) is 5.78 Å². The standard InChI is InChI=1S/C12H12O2/c1-14-10-7-11(12(13)8-10)9-5-3-2-4-6-9/h2-6,8,11H,7H2,1H3/t11-/m0/s1. The molecule has 0 bridgehead atoms. The third-order valence-corrected chi connectivity index (χ3v) is 2.52. The smallest absolute Gasteiger partial charge is 0.166 e. The third-order valence-electron chi connectivity index (χ3n) is 2.52. The summed E-state index contributed by atoms with van der Waals surface area (Å²) in [4.78, 5) is 11.6. The van der Waals surface area contributed by atoms with Gasteiger partial charge in [0, 0.05) is 12.5 Å². The lowest BCUT2D eigenvalue weighted by Crippen LogP contribution is -2.04. The lowest BCUT2D eigenvalue weighted by molar-refractivity contribution is -0.115. The molecule has 1 aliphatic carbocycles. The zero-order chi connectivity index (χ0) is 9.97. The number of carbonyl (C=O) groups excluding carboxylic acids is 1. The maximum atomic E-state index is 11.6. The number of rotatable bonds is 2. The molecule has 0 saturated carbocycles. The number of ether oxygens (including phenoxy) is 1. The van der Waals surface area contributed by atoms with Crippen molar-refractivity contribution in [2.45, 2.75) is 12.3 Å². The van der Waals surface area contributed by atoms with Crippen molar-refractivity contribution in [3.8, 4) is 0 Å². The Kier molecular flexibility index (Phi) is 2.35. The molecule has 72 valence electrons. The first-order valence-corrected chi connectivity index (χ1v) is 4.64. The van der Waals surface area contributed by atoms with Gasteiger partial charge in [0.05, 0.1) is 13.0 Å². The van der Waals surface area contributed by atoms with Crippen LogP contribution in [0.1, 0.15) is 17.9 Å². The van der Waals surface area contributed by atoms with E-state index in [0.717, 1.165) is 11.3 Å². The zero-order valence-electron chi connectivity index (χ0n) is 8.07. The first-order chi connectivity index (χ1) is 6.81. The summed E-state index contributed by atoms with van der Waals surface area (Å²) in [6.45, 7) is 0. The van der Waals surface area contributed by atoms with Crippen LogP contribution in [0.2, 0.25) is 0 Å². The molecule has 1 aliphatic rings. The van der Waals surface area contributed by atoms with Crippen LogP contribution in [0.5, 0.6) is 0 Å². The number of hydrogen-bond acceptors (Lipinski definition) is 2. The summed E-state index contributed by atoms with van der Waals surface area (Å²) in [7, 11) is 1.60. The molecule has 0 spiro atoms. The van der Waals surface area contributed by atoms with Gasteiger partial charge in [-0.05, 0) is 5.56 Å². The van der Waals surface area contributed by atoms with E-state index in [9.17, 15) is 4.79 Å². The van der Waals surface area contributed by atoms with Gasteiger partial charge in [0.2, 0.25) is 0 Å². The number of benzene rings is 1. The molecule has 1 atom stereocenters. The van der Waals surface area contributed by atoms with Gasteiger partial charge in [0.1, 0.15) is 5.76 Å². The van der Waals surface area contributed by atoms with Gasteiger partial charge in [-0.1, -0.05) is 30.3 Å². The Labute approximate surface area is 83.2 Å². The Balaban J connectivity index is 2.21. The van der Waals surface area contributed by atoms with Gasteiger partial charge in [-0.2, -0.15) is 0 Å². The highest BCUT2D eigenvalue weighted by Crippen LogP contribution is 2.30. The lowest BCUT2D eigenvalue weighted by atomic mass is 9.96. The van der Waals surface area contributed by atoms with E-state index in [-0.39, 0.29) is 11.7 Å². The van der Waals surface area contributed by atoms with E-state index in [1.54, 1.807) is 13.2 Å². The molecule has 14 heavy (non-hydrogen) atoms. The maximum absolute atomic E-state index is 11.6. The monoisotopic (exact) mass is 188 g/mol. The minimum atomic E-state index is -0.0360. The van der Waals surface area contributed by atoms with Gasteiger partial charge in [-0.15, -0.1) is 0 Å². The van der Waals surface area contributed by atoms with E-state index < -0.39 is 0 Å². The molecule has 0 heterocycles. The molecule has 2 rings (SSSR count). The zero-order valence-corrected chi connectivity index (χ0v) is 8.07. The van der Waals surface area contributed by atoms with Crippen molar-refractivity contribution in [1.29, 1.82) is 0 Å². The van der Waals surface area contributed by atoms with Gasteiger partial charge >= 0.3 is 0 Å². The topological polar surface area (TPSA) is 26.3 Å². The molecule has 0 saturated heterocycles. The van der Waals surface area contributed by atoms with Crippen molar-refractivity contribution in [3.63, 3.8) is 0 Å². The number of hydrogen-bond donors (Lipinski definition) is 0.